The fraction of sp³-hybridized carbons (Fsp3) is 0.200. The van der Waals surface area contributed by atoms with Crippen LogP contribution in [0.25, 0.3) is 0 Å². The summed E-state index contributed by atoms with van der Waals surface area (Å²) >= 11 is 11.9. The molecule has 2 N–H and O–H groups in total. The Hall–Kier alpha value is -1.49. The Morgan fingerprint density at radius 3 is 2.62 bits per heavy atom. The number of methoxy groups -OCH3 is 1. The number of nitrogens with two attached hydrogens (primary N) is 1. The summed E-state index contributed by atoms with van der Waals surface area (Å²) in [4.78, 5) is 0. The number of benzene rings is 2. The van der Waals surface area contributed by atoms with Crippen LogP contribution in [0.4, 0.5) is 4.39 Å². The molecule has 0 heterocycles. The molecular weight excluding hydrogens is 316 g/mol. The second-order valence-corrected chi connectivity index (χ2v) is 5.13. The van der Waals surface area contributed by atoms with Crippen molar-refractivity contribution >= 4 is 23.2 Å². The Morgan fingerprint density at radius 1 is 1.24 bits per heavy atom. The first-order valence-corrected chi connectivity index (χ1v) is 6.94. The zero-order valence-corrected chi connectivity index (χ0v) is 12.8. The Labute approximate surface area is 132 Å². The van der Waals surface area contributed by atoms with Crippen LogP contribution < -0.4 is 15.2 Å². The quantitative estimate of drug-likeness (QED) is 0.894. The summed E-state index contributed by atoms with van der Waals surface area (Å²) in [5.74, 6) is 0.448. The highest BCUT2D eigenvalue weighted by atomic mass is 35.5. The van der Waals surface area contributed by atoms with Gasteiger partial charge in [-0.2, -0.15) is 0 Å². The van der Waals surface area contributed by atoms with E-state index in [4.69, 9.17) is 38.4 Å². The third-order valence-corrected chi connectivity index (χ3v) is 3.53. The van der Waals surface area contributed by atoms with Crippen molar-refractivity contribution in [1.29, 1.82) is 0 Å². The van der Waals surface area contributed by atoms with Crippen LogP contribution in [0.3, 0.4) is 0 Å². The lowest BCUT2D eigenvalue weighted by molar-refractivity contribution is 0.277. The molecule has 0 aromatic heterocycles. The van der Waals surface area contributed by atoms with Gasteiger partial charge in [-0.05, 0) is 18.2 Å². The Bertz CT molecular complexity index is 604. The van der Waals surface area contributed by atoms with E-state index in [0.29, 0.717) is 27.1 Å². The molecule has 112 valence electrons. The van der Waals surface area contributed by atoms with Gasteiger partial charge in [-0.15, -0.1) is 0 Å². The van der Waals surface area contributed by atoms with E-state index >= 15 is 0 Å². The van der Waals surface area contributed by atoms with Crippen LogP contribution in [-0.4, -0.2) is 7.11 Å². The Kier molecular flexibility index (Phi) is 5.28. The van der Waals surface area contributed by atoms with Crippen molar-refractivity contribution in [3.8, 4) is 11.5 Å². The van der Waals surface area contributed by atoms with Gasteiger partial charge >= 0.3 is 0 Å². The monoisotopic (exact) mass is 329 g/mol. The molecular formula is C15H14Cl2FNO2. The Morgan fingerprint density at radius 2 is 2.00 bits per heavy atom. The summed E-state index contributed by atoms with van der Waals surface area (Å²) in [6.07, 6.45) is 0. The molecule has 0 aliphatic heterocycles. The van der Waals surface area contributed by atoms with Gasteiger partial charge in [-0.3, -0.25) is 0 Å². The van der Waals surface area contributed by atoms with Crippen molar-refractivity contribution in [2.24, 2.45) is 5.73 Å². The number of halogens is 3. The molecule has 2 rings (SSSR count). The topological polar surface area (TPSA) is 44.5 Å². The lowest BCUT2D eigenvalue weighted by Crippen LogP contribution is -2.06. The summed E-state index contributed by atoms with van der Waals surface area (Å²) in [5.41, 5.74) is 6.63. The van der Waals surface area contributed by atoms with Crippen LogP contribution in [0.2, 0.25) is 10.0 Å². The number of rotatable bonds is 5. The van der Waals surface area contributed by atoms with Crippen LogP contribution in [-0.2, 0) is 13.2 Å². The average molecular weight is 330 g/mol. The van der Waals surface area contributed by atoms with Gasteiger partial charge in [0.25, 0.3) is 0 Å². The smallest absolute Gasteiger partial charge is 0.166 e. The summed E-state index contributed by atoms with van der Waals surface area (Å²) in [5, 5.41) is 0.792. The van der Waals surface area contributed by atoms with Gasteiger partial charge < -0.3 is 15.2 Å². The number of hydrogen-bond donors (Lipinski definition) is 1. The molecule has 0 aliphatic carbocycles. The first-order chi connectivity index (χ1) is 10.1. The van der Waals surface area contributed by atoms with Crippen molar-refractivity contribution in [2.45, 2.75) is 13.2 Å². The van der Waals surface area contributed by atoms with Gasteiger partial charge in [0, 0.05) is 28.8 Å². The summed E-state index contributed by atoms with van der Waals surface area (Å²) < 4.78 is 24.6. The normalized spacial score (nSPS) is 10.5. The maximum Gasteiger partial charge on any atom is 0.166 e. The lowest BCUT2D eigenvalue weighted by Gasteiger charge is -2.15. The first kappa shape index (κ1) is 15.9. The molecule has 3 nitrogen and oxygen atoms in total. The van der Waals surface area contributed by atoms with Gasteiger partial charge in [0.2, 0.25) is 0 Å². The minimum absolute atomic E-state index is 0.0313. The van der Waals surface area contributed by atoms with Crippen molar-refractivity contribution < 1.29 is 13.9 Å². The van der Waals surface area contributed by atoms with E-state index in [2.05, 4.69) is 0 Å². The minimum Gasteiger partial charge on any atom is -0.493 e. The summed E-state index contributed by atoms with van der Waals surface area (Å²) in [7, 11) is 1.49. The average Bonchev–Trinajstić information content (AvgIpc) is 2.47. The maximum absolute atomic E-state index is 13.7. The van der Waals surface area contributed by atoms with E-state index in [0.717, 1.165) is 0 Å². The molecule has 2 aromatic rings. The standard InChI is InChI=1S/C15H14Cl2FNO2/c1-20-14-6-10(16)5-9(7-19)15(14)21-8-11-12(17)3-2-4-13(11)18/h2-6H,7-8,19H2,1H3. The van der Waals surface area contributed by atoms with Crippen LogP contribution in [0.1, 0.15) is 11.1 Å². The van der Waals surface area contributed by atoms with E-state index in [9.17, 15) is 4.39 Å². The molecule has 0 spiro atoms. The van der Waals surface area contributed by atoms with Crippen molar-refractivity contribution in [1.82, 2.24) is 0 Å². The van der Waals surface area contributed by atoms with Crippen LogP contribution >= 0.6 is 23.2 Å². The highest BCUT2D eigenvalue weighted by molar-refractivity contribution is 6.31. The third-order valence-electron chi connectivity index (χ3n) is 2.96. The zero-order chi connectivity index (χ0) is 15.4. The van der Waals surface area contributed by atoms with Crippen LogP contribution in [0, 0.1) is 5.82 Å². The van der Waals surface area contributed by atoms with Gasteiger partial charge in [0.15, 0.2) is 11.5 Å². The van der Waals surface area contributed by atoms with Crippen LogP contribution in [0.5, 0.6) is 11.5 Å². The fourth-order valence-corrected chi connectivity index (χ4v) is 2.35. The van der Waals surface area contributed by atoms with Crippen molar-refractivity contribution in [3.63, 3.8) is 0 Å². The predicted octanol–water partition coefficient (Wildman–Crippen LogP) is 4.18. The molecule has 2 aromatic carbocycles. The molecule has 0 bridgehead atoms. The summed E-state index contributed by atoms with van der Waals surface area (Å²) in [6, 6.07) is 7.76. The highest BCUT2D eigenvalue weighted by Crippen LogP contribution is 2.35. The van der Waals surface area contributed by atoms with E-state index in [1.807, 2.05) is 0 Å². The predicted molar refractivity (Wildman–Crippen MR) is 81.6 cm³/mol. The van der Waals surface area contributed by atoms with Gasteiger partial charge in [-0.1, -0.05) is 29.3 Å². The first-order valence-electron chi connectivity index (χ1n) is 6.19. The van der Waals surface area contributed by atoms with Gasteiger partial charge in [-0.25, -0.2) is 4.39 Å². The number of ether oxygens (including phenoxy) is 2. The summed E-state index contributed by atoms with van der Waals surface area (Å²) in [6.45, 7) is 0.188. The molecule has 0 aliphatic rings. The van der Waals surface area contributed by atoms with E-state index in [-0.39, 0.29) is 18.7 Å². The fourth-order valence-electron chi connectivity index (χ4n) is 1.90. The molecule has 21 heavy (non-hydrogen) atoms. The second kappa shape index (κ2) is 6.98. The van der Waals surface area contributed by atoms with Gasteiger partial charge in [0.05, 0.1) is 12.1 Å². The highest BCUT2D eigenvalue weighted by Gasteiger charge is 2.14. The Balaban J connectivity index is 2.31. The molecule has 0 amide bonds. The number of hydrogen-bond acceptors (Lipinski definition) is 3. The lowest BCUT2D eigenvalue weighted by atomic mass is 10.1. The SMILES string of the molecule is COc1cc(Cl)cc(CN)c1OCc1c(F)cccc1Cl. The van der Waals surface area contributed by atoms with E-state index in [1.54, 1.807) is 18.2 Å². The molecule has 0 unspecified atom stereocenters. The van der Waals surface area contributed by atoms with Crippen molar-refractivity contribution in [2.75, 3.05) is 7.11 Å². The zero-order valence-electron chi connectivity index (χ0n) is 11.3. The van der Waals surface area contributed by atoms with Crippen molar-refractivity contribution in [3.05, 3.63) is 57.3 Å². The third kappa shape index (κ3) is 3.59. The molecule has 0 fully saturated rings. The molecule has 6 heteroatoms. The maximum atomic E-state index is 13.7. The molecule has 0 saturated carbocycles. The molecule has 0 radical (unpaired) electrons. The second-order valence-electron chi connectivity index (χ2n) is 4.29. The van der Waals surface area contributed by atoms with Gasteiger partial charge in [0.1, 0.15) is 12.4 Å². The molecule has 0 atom stereocenters. The van der Waals surface area contributed by atoms with Crippen LogP contribution in [0.15, 0.2) is 30.3 Å². The minimum atomic E-state index is -0.426. The van der Waals surface area contributed by atoms with E-state index in [1.165, 1.54) is 19.2 Å². The largest absolute Gasteiger partial charge is 0.493 e. The molecule has 0 saturated heterocycles. The van der Waals surface area contributed by atoms with E-state index < -0.39 is 5.82 Å².